The van der Waals surface area contributed by atoms with Gasteiger partial charge in [0, 0.05) is 5.71 Å². The highest BCUT2D eigenvalue weighted by Gasteiger charge is 2.22. The fourth-order valence-corrected chi connectivity index (χ4v) is 3.39. The van der Waals surface area contributed by atoms with Crippen LogP contribution in [0.15, 0.2) is 5.10 Å². The van der Waals surface area contributed by atoms with Gasteiger partial charge in [0.2, 0.25) is 0 Å². The lowest BCUT2D eigenvalue weighted by Gasteiger charge is -2.29. The van der Waals surface area contributed by atoms with Gasteiger partial charge in [-0.25, -0.2) is 10.2 Å². The van der Waals surface area contributed by atoms with Gasteiger partial charge in [-0.2, -0.15) is 5.10 Å². The Morgan fingerprint density at radius 1 is 1.11 bits per heavy atom. The molecule has 4 nitrogen and oxygen atoms in total. The Labute approximate surface area is 109 Å². The van der Waals surface area contributed by atoms with Gasteiger partial charge in [0.05, 0.1) is 0 Å². The number of nitrogens with one attached hydrogen (secondary N) is 1. The molecule has 18 heavy (non-hydrogen) atoms. The summed E-state index contributed by atoms with van der Waals surface area (Å²) in [4.78, 5) is 10.6. The number of nitrogens with two attached hydrogens (primary N) is 1. The second kappa shape index (κ2) is 6.76. The number of urea groups is 1. The Hall–Kier alpha value is -1.06. The van der Waals surface area contributed by atoms with E-state index >= 15 is 0 Å². The van der Waals surface area contributed by atoms with Crippen molar-refractivity contribution in [2.75, 3.05) is 0 Å². The van der Waals surface area contributed by atoms with Crippen LogP contribution in [0.5, 0.6) is 0 Å². The van der Waals surface area contributed by atoms with Crippen LogP contribution >= 0.6 is 0 Å². The summed E-state index contributed by atoms with van der Waals surface area (Å²) in [5, 5.41) is 4.06. The summed E-state index contributed by atoms with van der Waals surface area (Å²) >= 11 is 0. The second-order valence-corrected chi connectivity index (χ2v) is 5.84. The molecule has 0 aromatic heterocycles. The van der Waals surface area contributed by atoms with E-state index in [1.807, 2.05) is 0 Å². The molecule has 2 aliphatic carbocycles. The molecule has 0 aliphatic heterocycles. The van der Waals surface area contributed by atoms with E-state index in [1.54, 1.807) is 0 Å². The molecule has 0 aromatic carbocycles. The number of amides is 2. The summed E-state index contributed by atoms with van der Waals surface area (Å²) in [6, 6.07) is -0.563. The Balaban J connectivity index is 1.69. The third-order valence-corrected chi connectivity index (χ3v) is 4.40. The molecule has 2 saturated carbocycles. The Bertz CT molecular complexity index is 298. The first kappa shape index (κ1) is 13.4. The molecule has 0 unspecified atom stereocenters. The van der Waals surface area contributed by atoms with Crippen molar-refractivity contribution < 1.29 is 4.79 Å². The smallest absolute Gasteiger partial charge is 0.332 e. The van der Waals surface area contributed by atoms with Gasteiger partial charge in [-0.05, 0) is 43.9 Å². The minimum Gasteiger partial charge on any atom is -0.350 e. The van der Waals surface area contributed by atoms with Crippen molar-refractivity contribution in [3.8, 4) is 0 Å². The average Bonchev–Trinajstić information content (AvgIpc) is 2.39. The van der Waals surface area contributed by atoms with Crippen molar-refractivity contribution in [3.63, 3.8) is 0 Å². The fraction of sp³-hybridized carbons (Fsp3) is 0.857. The maximum absolute atomic E-state index is 10.6. The third-order valence-electron chi connectivity index (χ3n) is 4.40. The van der Waals surface area contributed by atoms with Gasteiger partial charge < -0.3 is 5.73 Å². The van der Waals surface area contributed by atoms with Gasteiger partial charge >= 0.3 is 6.03 Å². The van der Waals surface area contributed by atoms with Crippen LogP contribution in [0.4, 0.5) is 4.79 Å². The number of hydrogen-bond donors (Lipinski definition) is 2. The maximum Gasteiger partial charge on any atom is 0.332 e. The largest absolute Gasteiger partial charge is 0.350 e. The zero-order valence-corrected chi connectivity index (χ0v) is 11.2. The number of carbonyl (C=O) groups excluding carboxylic acids is 1. The van der Waals surface area contributed by atoms with Crippen LogP contribution in [-0.4, -0.2) is 11.7 Å². The number of hydrogen-bond acceptors (Lipinski definition) is 2. The summed E-state index contributed by atoms with van der Waals surface area (Å²) < 4.78 is 0. The molecule has 4 heteroatoms. The van der Waals surface area contributed by atoms with Crippen molar-refractivity contribution in [3.05, 3.63) is 0 Å². The normalized spacial score (nSPS) is 25.8. The van der Waals surface area contributed by atoms with Gasteiger partial charge in [0.15, 0.2) is 0 Å². The molecule has 0 atom stereocenters. The van der Waals surface area contributed by atoms with E-state index < -0.39 is 6.03 Å². The Kier molecular flexibility index (Phi) is 5.02. The van der Waals surface area contributed by atoms with E-state index in [0.717, 1.165) is 30.4 Å². The quantitative estimate of drug-likeness (QED) is 0.743. The topological polar surface area (TPSA) is 67.5 Å². The number of rotatable bonds is 3. The molecule has 0 radical (unpaired) electrons. The van der Waals surface area contributed by atoms with Gasteiger partial charge in [0.25, 0.3) is 0 Å². The van der Waals surface area contributed by atoms with Crippen molar-refractivity contribution >= 4 is 11.7 Å². The SMILES string of the molecule is NC(=O)NN=C1CCC(CC2CCCCC2)CC1. The van der Waals surface area contributed by atoms with Crippen LogP contribution in [0.2, 0.25) is 0 Å². The number of carbonyl (C=O) groups is 1. The highest BCUT2D eigenvalue weighted by molar-refractivity contribution is 5.86. The number of hydrazone groups is 1. The van der Waals surface area contributed by atoms with Crippen LogP contribution < -0.4 is 11.2 Å². The first-order valence-electron chi connectivity index (χ1n) is 7.35. The molecule has 0 spiro atoms. The molecule has 102 valence electrons. The predicted octanol–water partition coefficient (Wildman–Crippen LogP) is 3.17. The second-order valence-electron chi connectivity index (χ2n) is 5.84. The first-order valence-corrected chi connectivity index (χ1v) is 7.35. The minimum absolute atomic E-state index is 0.563. The maximum atomic E-state index is 10.6. The fourth-order valence-electron chi connectivity index (χ4n) is 3.39. The number of primary amides is 1. The molecule has 0 bridgehead atoms. The molecule has 2 fully saturated rings. The number of nitrogens with zero attached hydrogens (tertiary/aromatic N) is 1. The van der Waals surface area contributed by atoms with Crippen molar-refractivity contribution in [2.24, 2.45) is 22.7 Å². The lowest BCUT2D eigenvalue weighted by atomic mass is 9.77. The monoisotopic (exact) mass is 251 g/mol. The minimum atomic E-state index is -0.563. The lowest BCUT2D eigenvalue weighted by molar-refractivity contribution is 0.249. The van der Waals surface area contributed by atoms with E-state index in [-0.39, 0.29) is 0 Å². The van der Waals surface area contributed by atoms with Gasteiger partial charge in [0.1, 0.15) is 0 Å². The molecular formula is C14H25N3O. The van der Waals surface area contributed by atoms with Gasteiger partial charge in [-0.1, -0.05) is 32.1 Å². The van der Waals surface area contributed by atoms with Crippen molar-refractivity contribution in [2.45, 2.75) is 64.2 Å². The molecule has 2 rings (SSSR count). The van der Waals surface area contributed by atoms with Crippen LogP contribution in [0.25, 0.3) is 0 Å². The van der Waals surface area contributed by atoms with E-state index in [0.29, 0.717) is 0 Å². The van der Waals surface area contributed by atoms with E-state index in [2.05, 4.69) is 10.5 Å². The highest BCUT2D eigenvalue weighted by Crippen LogP contribution is 2.34. The van der Waals surface area contributed by atoms with Crippen LogP contribution in [0.3, 0.4) is 0 Å². The molecule has 2 amide bonds. The Morgan fingerprint density at radius 2 is 1.72 bits per heavy atom. The van der Waals surface area contributed by atoms with Crippen LogP contribution in [-0.2, 0) is 0 Å². The summed E-state index contributed by atoms with van der Waals surface area (Å²) in [6.07, 6.45) is 13.1. The molecule has 2 aliphatic rings. The summed E-state index contributed by atoms with van der Waals surface area (Å²) in [7, 11) is 0. The third kappa shape index (κ3) is 4.31. The van der Waals surface area contributed by atoms with E-state index in [4.69, 9.17) is 5.73 Å². The lowest BCUT2D eigenvalue weighted by Crippen LogP contribution is -2.27. The average molecular weight is 251 g/mol. The zero-order valence-electron chi connectivity index (χ0n) is 11.2. The molecule has 0 saturated heterocycles. The van der Waals surface area contributed by atoms with E-state index in [9.17, 15) is 4.79 Å². The molecule has 0 aromatic rings. The van der Waals surface area contributed by atoms with Gasteiger partial charge in [-0.15, -0.1) is 0 Å². The first-order chi connectivity index (χ1) is 8.74. The molecular weight excluding hydrogens is 226 g/mol. The van der Waals surface area contributed by atoms with E-state index in [1.165, 1.54) is 51.4 Å². The Morgan fingerprint density at radius 3 is 2.33 bits per heavy atom. The highest BCUT2D eigenvalue weighted by atomic mass is 16.2. The molecule has 3 N–H and O–H groups in total. The van der Waals surface area contributed by atoms with Crippen LogP contribution in [0, 0.1) is 11.8 Å². The van der Waals surface area contributed by atoms with Crippen molar-refractivity contribution in [1.29, 1.82) is 0 Å². The summed E-state index contributed by atoms with van der Waals surface area (Å²) in [5.74, 6) is 1.85. The van der Waals surface area contributed by atoms with Crippen LogP contribution in [0.1, 0.15) is 64.2 Å². The van der Waals surface area contributed by atoms with Crippen molar-refractivity contribution in [1.82, 2.24) is 5.43 Å². The molecule has 0 heterocycles. The van der Waals surface area contributed by atoms with Gasteiger partial charge in [-0.3, -0.25) is 0 Å². The zero-order chi connectivity index (χ0) is 12.8. The summed E-state index contributed by atoms with van der Waals surface area (Å²) in [5.41, 5.74) is 8.45. The predicted molar refractivity (Wildman–Crippen MR) is 73.3 cm³/mol. The summed E-state index contributed by atoms with van der Waals surface area (Å²) in [6.45, 7) is 0. The standard InChI is InChI=1S/C14H25N3O/c15-14(18)17-16-13-8-6-12(7-9-13)10-11-4-2-1-3-5-11/h11-12H,1-10H2,(H3,15,17,18).